The molecule has 0 aliphatic carbocycles. The predicted molar refractivity (Wildman–Crippen MR) is 89.9 cm³/mol. The van der Waals surface area contributed by atoms with Crippen molar-refractivity contribution in [3.8, 4) is 0 Å². The molecule has 3 heteroatoms. The summed E-state index contributed by atoms with van der Waals surface area (Å²) in [4.78, 5) is 6.71. The van der Waals surface area contributed by atoms with Gasteiger partial charge < -0.3 is 9.80 Å². The number of unbranched alkanes of at least 4 members (excludes halogenated alkanes) is 2. The second-order valence-corrected chi connectivity index (χ2v) is 7.26. The number of rotatable bonds is 7. The average Bonchev–Trinajstić information content (AvgIpc) is 2.90. The molecule has 1 aliphatic heterocycles. The fourth-order valence-electron chi connectivity index (χ4n) is 3.04. The van der Waals surface area contributed by atoms with E-state index in [0.29, 0.717) is 5.92 Å². The molecule has 0 saturated carbocycles. The van der Waals surface area contributed by atoms with Crippen LogP contribution < -0.4 is 0 Å². The number of hydrogen-bond acceptors (Lipinski definition) is 3. The maximum Gasteiger partial charge on any atom is 0.0110 e. The van der Waals surface area contributed by atoms with Crippen molar-refractivity contribution in [1.29, 1.82) is 0 Å². The quantitative estimate of drug-likeness (QED) is 0.705. The van der Waals surface area contributed by atoms with Gasteiger partial charge in [0.1, 0.15) is 0 Å². The Morgan fingerprint density at radius 3 is 2.65 bits per heavy atom. The van der Waals surface area contributed by atoms with Gasteiger partial charge in [0, 0.05) is 37.6 Å². The smallest absolute Gasteiger partial charge is 0.0110 e. The molecular formula is C17H30N2S. The van der Waals surface area contributed by atoms with Gasteiger partial charge in [0.25, 0.3) is 0 Å². The second kappa shape index (κ2) is 8.16. The summed E-state index contributed by atoms with van der Waals surface area (Å²) in [5, 5.41) is 2.29. The van der Waals surface area contributed by atoms with Crippen LogP contribution in [0.2, 0.25) is 0 Å². The zero-order chi connectivity index (χ0) is 14.4. The van der Waals surface area contributed by atoms with E-state index in [1.54, 1.807) is 10.4 Å². The Kier molecular flexibility index (Phi) is 6.53. The average molecular weight is 295 g/mol. The summed E-state index contributed by atoms with van der Waals surface area (Å²) in [5.74, 6) is 0.682. The Balaban J connectivity index is 1.85. The molecule has 114 valence electrons. The van der Waals surface area contributed by atoms with Crippen LogP contribution in [0.4, 0.5) is 0 Å². The first kappa shape index (κ1) is 16.0. The zero-order valence-corrected chi connectivity index (χ0v) is 14.2. The van der Waals surface area contributed by atoms with Crippen molar-refractivity contribution in [2.24, 2.45) is 0 Å². The molecule has 1 unspecified atom stereocenters. The Bertz CT molecular complexity index is 380. The summed E-state index contributed by atoms with van der Waals surface area (Å²) in [5.41, 5.74) is 1.62. The van der Waals surface area contributed by atoms with E-state index in [1.165, 1.54) is 58.4 Å². The molecule has 1 aromatic heterocycles. The number of nitrogens with zero attached hydrogens (tertiary/aromatic N) is 2. The zero-order valence-electron chi connectivity index (χ0n) is 13.4. The van der Waals surface area contributed by atoms with Crippen LogP contribution in [-0.4, -0.2) is 49.6 Å². The molecular weight excluding hydrogens is 264 g/mol. The fraction of sp³-hybridized carbons (Fsp3) is 0.765. The van der Waals surface area contributed by atoms with E-state index in [2.05, 4.69) is 42.1 Å². The van der Waals surface area contributed by atoms with Crippen LogP contribution >= 0.6 is 11.3 Å². The van der Waals surface area contributed by atoms with Crippen LogP contribution in [0.1, 0.15) is 49.5 Å². The SMILES string of the molecule is CCCCCc1sccc1C(C)CN1CCN(C)CC1. The number of hydrogen-bond donors (Lipinski definition) is 0. The van der Waals surface area contributed by atoms with Gasteiger partial charge in [0.15, 0.2) is 0 Å². The summed E-state index contributed by atoms with van der Waals surface area (Å²) in [6.45, 7) is 10.8. The highest BCUT2D eigenvalue weighted by Gasteiger charge is 2.18. The lowest BCUT2D eigenvalue weighted by Crippen LogP contribution is -2.45. The first-order chi connectivity index (χ1) is 9.70. The lowest BCUT2D eigenvalue weighted by atomic mass is 9.99. The van der Waals surface area contributed by atoms with E-state index in [-0.39, 0.29) is 0 Å². The first-order valence-corrected chi connectivity index (χ1v) is 9.05. The molecule has 2 rings (SSSR count). The molecule has 0 amide bonds. The van der Waals surface area contributed by atoms with Crippen molar-refractivity contribution < 1.29 is 0 Å². The lowest BCUT2D eigenvalue weighted by Gasteiger charge is -2.34. The van der Waals surface area contributed by atoms with Crippen LogP contribution in [0.5, 0.6) is 0 Å². The second-order valence-electron chi connectivity index (χ2n) is 6.26. The predicted octanol–water partition coefficient (Wildman–Crippen LogP) is 3.83. The summed E-state index contributed by atoms with van der Waals surface area (Å²) in [7, 11) is 2.23. The summed E-state index contributed by atoms with van der Waals surface area (Å²) >= 11 is 1.96. The monoisotopic (exact) mass is 294 g/mol. The van der Waals surface area contributed by atoms with E-state index in [1.807, 2.05) is 11.3 Å². The molecule has 0 bridgehead atoms. The molecule has 20 heavy (non-hydrogen) atoms. The Morgan fingerprint density at radius 2 is 1.95 bits per heavy atom. The highest BCUT2D eigenvalue weighted by Crippen LogP contribution is 2.27. The molecule has 0 N–H and O–H groups in total. The Hall–Kier alpha value is -0.380. The fourth-order valence-corrected chi connectivity index (χ4v) is 4.09. The third-order valence-electron chi connectivity index (χ3n) is 4.45. The van der Waals surface area contributed by atoms with Gasteiger partial charge in [-0.15, -0.1) is 11.3 Å². The lowest BCUT2D eigenvalue weighted by molar-refractivity contribution is 0.149. The summed E-state index contributed by atoms with van der Waals surface area (Å²) in [6.07, 6.45) is 5.32. The van der Waals surface area contributed by atoms with Gasteiger partial charge in [-0.25, -0.2) is 0 Å². The number of likely N-dealkylation sites (N-methyl/N-ethyl adjacent to an activating group) is 1. The van der Waals surface area contributed by atoms with Crippen LogP contribution in [0.15, 0.2) is 11.4 Å². The van der Waals surface area contributed by atoms with Crippen molar-refractivity contribution in [1.82, 2.24) is 9.80 Å². The summed E-state index contributed by atoms with van der Waals surface area (Å²) in [6, 6.07) is 2.37. The molecule has 1 atom stereocenters. The molecule has 1 fully saturated rings. The van der Waals surface area contributed by atoms with Gasteiger partial charge in [-0.3, -0.25) is 0 Å². The van der Waals surface area contributed by atoms with E-state index in [0.717, 1.165) is 0 Å². The van der Waals surface area contributed by atoms with Gasteiger partial charge in [-0.2, -0.15) is 0 Å². The standard InChI is InChI=1S/C17H30N2S/c1-4-5-6-7-17-16(8-13-20-17)15(2)14-19-11-9-18(3)10-12-19/h8,13,15H,4-7,9-12,14H2,1-3H3. The van der Waals surface area contributed by atoms with Crippen molar-refractivity contribution in [2.45, 2.75) is 45.4 Å². The van der Waals surface area contributed by atoms with Crippen LogP contribution in [0, 0.1) is 0 Å². The number of thiophene rings is 1. The third-order valence-corrected chi connectivity index (χ3v) is 5.44. The van der Waals surface area contributed by atoms with Gasteiger partial charge in [-0.05, 0) is 42.8 Å². The third kappa shape index (κ3) is 4.57. The Morgan fingerprint density at radius 1 is 1.20 bits per heavy atom. The highest BCUT2D eigenvalue weighted by atomic mass is 32.1. The minimum atomic E-state index is 0.682. The molecule has 1 aliphatic rings. The molecule has 2 nitrogen and oxygen atoms in total. The molecule has 2 heterocycles. The maximum atomic E-state index is 2.64. The molecule has 1 aromatic rings. The minimum absolute atomic E-state index is 0.682. The van der Waals surface area contributed by atoms with Gasteiger partial charge in [-0.1, -0.05) is 26.7 Å². The Labute approximate surface area is 128 Å². The van der Waals surface area contributed by atoms with E-state index >= 15 is 0 Å². The van der Waals surface area contributed by atoms with Crippen LogP contribution in [-0.2, 0) is 6.42 Å². The van der Waals surface area contributed by atoms with Crippen molar-refractivity contribution in [2.75, 3.05) is 39.8 Å². The number of piperazine rings is 1. The van der Waals surface area contributed by atoms with Crippen molar-refractivity contribution >= 4 is 11.3 Å². The van der Waals surface area contributed by atoms with Crippen LogP contribution in [0.3, 0.4) is 0 Å². The van der Waals surface area contributed by atoms with Crippen LogP contribution in [0.25, 0.3) is 0 Å². The van der Waals surface area contributed by atoms with E-state index in [9.17, 15) is 0 Å². The minimum Gasteiger partial charge on any atom is -0.304 e. The number of aryl methyl sites for hydroxylation is 1. The normalized spacial score (nSPS) is 19.4. The van der Waals surface area contributed by atoms with Gasteiger partial charge in [0.2, 0.25) is 0 Å². The van der Waals surface area contributed by atoms with Crippen molar-refractivity contribution in [3.05, 3.63) is 21.9 Å². The van der Waals surface area contributed by atoms with Gasteiger partial charge in [0.05, 0.1) is 0 Å². The van der Waals surface area contributed by atoms with E-state index in [4.69, 9.17) is 0 Å². The molecule has 0 aromatic carbocycles. The van der Waals surface area contributed by atoms with E-state index < -0.39 is 0 Å². The molecule has 1 saturated heterocycles. The molecule has 0 spiro atoms. The van der Waals surface area contributed by atoms with Gasteiger partial charge >= 0.3 is 0 Å². The summed E-state index contributed by atoms with van der Waals surface area (Å²) < 4.78 is 0. The van der Waals surface area contributed by atoms with Crippen molar-refractivity contribution in [3.63, 3.8) is 0 Å². The topological polar surface area (TPSA) is 6.48 Å². The molecule has 0 radical (unpaired) electrons. The largest absolute Gasteiger partial charge is 0.304 e. The highest BCUT2D eigenvalue weighted by molar-refractivity contribution is 7.10. The first-order valence-electron chi connectivity index (χ1n) is 8.18. The maximum absolute atomic E-state index is 2.64.